The number of carbonyl (C=O) groups excluding carboxylic acids is 2. The molecule has 0 bridgehead atoms. The molecule has 1 aromatic heterocycles. The van der Waals surface area contributed by atoms with Crippen molar-refractivity contribution in [2.24, 2.45) is 5.92 Å². The first kappa shape index (κ1) is 21.2. The van der Waals surface area contributed by atoms with Gasteiger partial charge in [0.15, 0.2) is 5.78 Å². The first-order valence-corrected chi connectivity index (χ1v) is 11.4. The summed E-state index contributed by atoms with van der Waals surface area (Å²) >= 11 is 1.60. The number of ether oxygens (including phenoxy) is 1. The fourth-order valence-corrected chi connectivity index (χ4v) is 4.77. The lowest BCUT2D eigenvalue weighted by Gasteiger charge is -2.31. The Labute approximate surface area is 186 Å². The zero-order valence-corrected chi connectivity index (χ0v) is 18.3. The molecule has 0 aliphatic carbocycles. The lowest BCUT2D eigenvalue weighted by atomic mass is 9.88. The molecule has 3 aromatic rings. The van der Waals surface area contributed by atoms with Crippen LogP contribution in [0.2, 0.25) is 0 Å². The maximum Gasteiger partial charge on any atom is 0.254 e. The van der Waals surface area contributed by atoms with Crippen LogP contribution in [0.5, 0.6) is 5.75 Å². The zero-order chi connectivity index (χ0) is 21.6. The van der Waals surface area contributed by atoms with Gasteiger partial charge in [0.1, 0.15) is 11.5 Å². The summed E-state index contributed by atoms with van der Waals surface area (Å²) in [5.74, 6) is 2.41. The van der Waals surface area contributed by atoms with Crippen molar-refractivity contribution < 1.29 is 18.7 Å². The van der Waals surface area contributed by atoms with Gasteiger partial charge < -0.3 is 14.1 Å². The largest absolute Gasteiger partial charge is 0.497 e. The number of carbonyl (C=O) groups is 2. The van der Waals surface area contributed by atoms with Crippen molar-refractivity contribution in [3.05, 3.63) is 83.8 Å². The summed E-state index contributed by atoms with van der Waals surface area (Å²) < 4.78 is 10.6. The van der Waals surface area contributed by atoms with Crippen molar-refractivity contribution in [1.29, 1.82) is 0 Å². The number of likely N-dealkylation sites (tertiary alicyclic amines) is 1. The summed E-state index contributed by atoms with van der Waals surface area (Å²) in [5.41, 5.74) is 1.41. The molecule has 0 spiro atoms. The average molecular weight is 436 g/mol. The molecule has 1 aliphatic heterocycles. The third kappa shape index (κ3) is 5.02. The maximum absolute atomic E-state index is 13.2. The highest BCUT2D eigenvalue weighted by molar-refractivity contribution is 7.98. The van der Waals surface area contributed by atoms with Crippen LogP contribution < -0.4 is 4.74 Å². The van der Waals surface area contributed by atoms with Crippen LogP contribution in [0.25, 0.3) is 0 Å². The Balaban J connectivity index is 1.37. The van der Waals surface area contributed by atoms with E-state index < -0.39 is 0 Å². The Morgan fingerprint density at radius 3 is 2.45 bits per heavy atom. The number of piperidine rings is 1. The molecule has 4 rings (SSSR count). The Hall–Kier alpha value is -2.99. The van der Waals surface area contributed by atoms with E-state index in [0.29, 0.717) is 42.8 Å². The minimum Gasteiger partial charge on any atom is -0.497 e. The van der Waals surface area contributed by atoms with Crippen LogP contribution in [0.4, 0.5) is 0 Å². The number of Topliss-reactive ketones (excluding diaryl/α,β-unsaturated/α-hetero) is 1. The number of benzene rings is 2. The SMILES string of the molecule is COc1ccc(C(=O)C2CCN(C(=O)c3ccccc3SCc3ccco3)CC2)cc1. The topological polar surface area (TPSA) is 59.8 Å². The molecular formula is C25H25NO4S. The van der Waals surface area contributed by atoms with E-state index in [-0.39, 0.29) is 17.6 Å². The van der Waals surface area contributed by atoms with Gasteiger partial charge in [-0.15, -0.1) is 11.8 Å². The molecule has 160 valence electrons. The summed E-state index contributed by atoms with van der Waals surface area (Å²) in [7, 11) is 1.61. The molecule has 2 aromatic carbocycles. The first-order valence-electron chi connectivity index (χ1n) is 10.4. The highest BCUT2D eigenvalue weighted by Crippen LogP contribution is 2.29. The van der Waals surface area contributed by atoms with E-state index in [1.54, 1.807) is 25.1 Å². The van der Waals surface area contributed by atoms with E-state index >= 15 is 0 Å². The van der Waals surface area contributed by atoms with E-state index in [0.717, 1.165) is 16.4 Å². The van der Waals surface area contributed by atoms with E-state index in [2.05, 4.69) is 0 Å². The number of thioether (sulfide) groups is 1. The molecule has 1 amide bonds. The summed E-state index contributed by atoms with van der Waals surface area (Å²) in [6, 6.07) is 18.7. The lowest BCUT2D eigenvalue weighted by Crippen LogP contribution is -2.40. The van der Waals surface area contributed by atoms with Crippen molar-refractivity contribution >= 4 is 23.5 Å². The van der Waals surface area contributed by atoms with E-state index in [9.17, 15) is 9.59 Å². The van der Waals surface area contributed by atoms with Crippen molar-refractivity contribution in [3.63, 3.8) is 0 Å². The number of nitrogens with zero attached hydrogens (tertiary/aromatic N) is 1. The molecule has 6 heteroatoms. The third-order valence-corrected chi connectivity index (χ3v) is 6.69. The minimum atomic E-state index is -0.0546. The minimum absolute atomic E-state index is 0.0258. The van der Waals surface area contributed by atoms with Crippen LogP contribution in [-0.4, -0.2) is 36.8 Å². The second-order valence-electron chi connectivity index (χ2n) is 7.52. The number of furan rings is 1. The molecule has 1 saturated heterocycles. The van der Waals surface area contributed by atoms with E-state index in [1.165, 1.54) is 0 Å². The second-order valence-corrected chi connectivity index (χ2v) is 8.54. The van der Waals surface area contributed by atoms with Crippen molar-refractivity contribution in [2.45, 2.75) is 23.5 Å². The number of hydrogen-bond donors (Lipinski definition) is 0. The monoisotopic (exact) mass is 435 g/mol. The Bertz CT molecular complexity index is 1020. The van der Waals surface area contributed by atoms with Gasteiger partial charge in [0.2, 0.25) is 0 Å². The Morgan fingerprint density at radius 1 is 1.03 bits per heavy atom. The molecular weight excluding hydrogens is 410 g/mol. The maximum atomic E-state index is 13.2. The Kier molecular flexibility index (Phi) is 6.77. The Morgan fingerprint density at radius 2 is 1.77 bits per heavy atom. The predicted octanol–water partition coefficient (Wildman–Crippen LogP) is 5.32. The molecule has 31 heavy (non-hydrogen) atoms. The van der Waals surface area contributed by atoms with Gasteiger partial charge in [-0.25, -0.2) is 0 Å². The standard InChI is InChI=1S/C25H25NO4S/c1-29-20-10-8-18(9-11-20)24(27)19-12-14-26(15-13-19)25(28)22-6-2-3-7-23(22)31-17-21-5-4-16-30-21/h2-11,16,19H,12-15,17H2,1H3. The molecule has 0 atom stereocenters. The van der Waals surface area contributed by atoms with Gasteiger partial charge in [0, 0.05) is 29.5 Å². The number of methoxy groups -OCH3 is 1. The van der Waals surface area contributed by atoms with E-state index in [4.69, 9.17) is 9.15 Å². The number of amides is 1. The van der Waals surface area contributed by atoms with Gasteiger partial charge in [0.05, 0.1) is 24.7 Å². The molecule has 2 heterocycles. The molecule has 0 radical (unpaired) electrons. The van der Waals surface area contributed by atoms with Gasteiger partial charge in [-0.2, -0.15) is 0 Å². The van der Waals surface area contributed by atoms with Gasteiger partial charge in [-0.05, 0) is 61.4 Å². The number of rotatable bonds is 7. The molecule has 0 saturated carbocycles. The first-order chi connectivity index (χ1) is 15.2. The zero-order valence-electron chi connectivity index (χ0n) is 17.5. The molecule has 5 nitrogen and oxygen atoms in total. The summed E-state index contributed by atoms with van der Waals surface area (Å²) in [4.78, 5) is 28.8. The smallest absolute Gasteiger partial charge is 0.254 e. The average Bonchev–Trinajstić information content (AvgIpc) is 3.36. The summed E-state index contributed by atoms with van der Waals surface area (Å²) in [5, 5.41) is 0. The van der Waals surface area contributed by atoms with Crippen LogP contribution in [0.15, 0.2) is 76.2 Å². The van der Waals surface area contributed by atoms with Crippen molar-refractivity contribution in [1.82, 2.24) is 4.90 Å². The highest BCUT2D eigenvalue weighted by atomic mass is 32.2. The van der Waals surface area contributed by atoms with Crippen LogP contribution in [0, 0.1) is 5.92 Å². The molecule has 1 aliphatic rings. The number of hydrogen-bond acceptors (Lipinski definition) is 5. The molecule has 0 unspecified atom stereocenters. The number of ketones is 1. The summed E-state index contributed by atoms with van der Waals surface area (Å²) in [6.07, 6.45) is 3.01. The third-order valence-electron chi connectivity index (χ3n) is 5.59. The quantitative estimate of drug-likeness (QED) is 0.372. The normalized spacial score (nSPS) is 14.4. The van der Waals surface area contributed by atoms with E-state index in [1.807, 2.05) is 65.6 Å². The fraction of sp³-hybridized carbons (Fsp3) is 0.280. The van der Waals surface area contributed by atoms with Crippen LogP contribution >= 0.6 is 11.8 Å². The van der Waals surface area contributed by atoms with Gasteiger partial charge in [-0.1, -0.05) is 12.1 Å². The molecule has 0 N–H and O–H groups in total. The van der Waals surface area contributed by atoms with Gasteiger partial charge in [-0.3, -0.25) is 9.59 Å². The van der Waals surface area contributed by atoms with Crippen LogP contribution in [-0.2, 0) is 5.75 Å². The van der Waals surface area contributed by atoms with Gasteiger partial charge in [0.25, 0.3) is 5.91 Å². The predicted molar refractivity (Wildman–Crippen MR) is 121 cm³/mol. The van der Waals surface area contributed by atoms with Gasteiger partial charge >= 0.3 is 0 Å². The second kappa shape index (κ2) is 9.88. The van der Waals surface area contributed by atoms with Crippen LogP contribution in [0.1, 0.15) is 39.3 Å². The highest BCUT2D eigenvalue weighted by Gasteiger charge is 2.29. The van der Waals surface area contributed by atoms with Crippen molar-refractivity contribution in [2.75, 3.05) is 20.2 Å². The molecule has 1 fully saturated rings. The van der Waals surface area contributed by atoms with Crippen LogP contribution in [0.3, 0.4) is 0 Å². The fourth-order valence-electron chi connectivity index (χ4n) is 3.82. The van der Waals surface area contributed by atoms with Crippen molar-refractivity contribution in [3.8, 4) is 5.75 Å². The summed E-state index contributed by atoms with van der Waals surface area (Å²) in [6.45, 7) is 1.17. The lowest BCUT2D eigenvalue weighted by molar-refractivity contribution is 0.0647.